The predicted octanol–water partition coefficient (Wildman–Crippen LogP) is 3.64. The summed E-state index contributed by atoms with van der Waals surface area (Å²) < 4.78 is 19.3. The Bertz CT molecular complexity index is 513. The van der Waals surface area contributed by atoms with Gasteiger partial charge in [0.1, 0.15) is 18.0 Å². The summed E-state index contributed by atoms with van der Waals surface area (Å²) in [7, 11) is 0. The summed E-state index contributed by atoms with van der Waals surface area (Å²) in [5.74, 6) is -0.421. The minimum atomic E-state index is -1.02. The van der Waals surface area contributed by atoms with Gasteiger partial charge in [-0.3, -0.25) is 0 Å². The molecule has 2 aromatic carbocycles. The van der Waals surface area contributed by atoms with Crippen LogP contribution in [0.15, 0.2) is 54.6 Å². The van der Waals surface area contributed by atoms with Gasteiger partial charge in [-0.1, -0.05) is 48.5 Å². The Morgan fingerprint density at radius 1 is 1.05 bits per heavy atom. The maximum Gasteiger partial charge on any atom is 0.129 e. The summed E-state index contributed by atoms with van der Waals surface area (Å²) in [6, 6.07) is 15.6. The van der Waals surface area contributed by atoms with Gasteiger partial charge >= 0.3 is 0 Å². The minimum Gasteiger partial charge on any atom is -0.385 e. The van der Waals surface area contributed by atoms with Crippen LogP contribution in [0.1, 0.15) is 30.3 Å². The van der Waals surface area contributed by atoms with E-state index in [1.807, 2.05) is 37.3 Å². The van der Waals surface area contributed by atoms with Crippen LogP contribution in [0.2, 0.25) is 0 Å². The van der Waals surface area contributed by atoms with Gasteiger partial charge in [0.2, 0.25) is 0 Å². The van der Waals surface area contributed by atoms with Crippen molar-refractivity contribution in [2.24, 2.45) is 0 Å². The molecule has 2 aromatic rings. The lowest BCUT2D eigenvalue weighted by molar-refractivity contribution is -0.0375. The van der Waals surface area contributed by atoms with Crippen LogP contribution >= 0.6 is 0 Å². The summed E-state index contributed by atoms with van der Waals surface area (Å²) in [4.78, 5) is 0. The zero-order valence-corrected chi connectivity index (χ0v) is 10.8. The maximum absolute atomic E-state index is 13.7. The molecule has 0 aliphatic carbocycles. The van der Waals surface area contributed by atoms with E-state index in [4.69, 9.17) is 4.74 Å². The van der Waals surface area contributed by atoms with Gasteiger partial charge < -0.3 is 9.84 Å². The van der Waals surface area contributed by atoms with Gasteiger partial charge in [-0.2, -0.15) is 0 Å². The van der Waals surface area contributed by atoms with Gasteiger partial charge in [-0.15, -0.1) is 0 Å². The molecule has 2 nitrogen and oxygen atoms in total. The molecule has 0 aromatic heterocycles. The standard InChI is InChI=1S/C16H17FO2/c1-2-19-16(12-8-4-3-5-9-12)15(18)13-10-6-7-11-14(13)17/h3-11,15-16,18H,2H2,1H3. The fourth-order valence-electron chi connectivity index (χ4n) is 2.07. The Hall–Kier alpha value is -1.71. The van der Waals surface area contributed by atoms with Crippen molar-refractivity contribution in [3.8, 4) is 0 Å². The molecule has 0 saturated carbocycles. The topological polar surface area (TPSA) is 29.5 Å². The fraction of sp³-hybridized carbons (Fsp3) is 0.250. The van der Waals surface area contributed by atoms with E-state index in [2.05, 4.69) is 0 Å². The van der Waals surface area contributed by atoms with Crippen molar-refractivity contribution in [3.63, 3.8) is 0 Å². The Morgan fingerprint density at radius 3 is 2.32 bits per heavy atom. The van der Waals surface area contributed by atoms with Crippen molar-refractivity contribution >= 4 is 0 Å². The highest BCUT2D eigenvalue weighted by molar-refractivity contribution is 5.26. The van der Waals surface area contributed by atoms with Crippen molar-refractivity contribution in [2.75, 3.05) is 6.61 Å². The summed E-state index contributed by atoms with van der Waals surface area (Å²) >= 11 is 0. The molecular formula is C16H17FO2. The maximum atomic E-state index is 13.7. The molecule has 0 bridgehead atoms. The highest BCUT2D eigenvalue weighted by atomic mass is 19.1. The van der Waals surface area contributed by atoms with Crippen molar-refractivity contribution in [1.82, 2.24) is 0 Å². The van der Waals surface area contributed by atoms with E-state index in [0.29, 0.717) is 6.61 Å². The lowest BCUT2D eigenvalue weighted by Gasteiger charge is -2.24. The van der Waals surface area contributed by atoms with Crippen LogP contribution in [0.25, 0.3) is 0 Å². The van der Waals surface area contributed by atoms with Crippen LogP contribution in [0.4, 0.5) is 4.39 Å². The van der Waals surface area contributed by atoms with Crippen LogP contribution in [-0.4, -0.2) is 11.7 Å². The van der Waals surface area contributed by atoms with Crippen molar-refractivity contribution in [1.29, 1.82) is 0 Å². The molecule has 0 radical (unpaired) electrons. The lowest BCUT2D eigenvalue weighted by Crippen LogP contribution is -2.15. The number of ether oxygens (including phenoxy) is 1. The molecule has 0 heterocycles. The van der Waals surface area contributed by atoms with Crippen LogP contribution in [-0.2, 0) is 4.74 Å². The average molecular weight is 260 g/mol. The Kier molecular flexibility index (Phi) is 4.66. The van der Waals surface area contributed by atoms with Gasteiger partial charge in [0.25, 0.3) is 0 Å². The van der Waals surface area contributed by atoms with E-state index in [1.165, 1.54) is 6.07 Å². The molecule has 100 valence electrons. The highest BCUT2D eigenvalue weighted by Gasteiger charge is 2.25. The highest BCUT2D eigenvalue weighted by Crippen LogP contribution is 2.33. The monoisotopic (exact) mass is 260 g/mol. The summed E-state index contributed by atoms with van der Waals surface area (Å²) in [5.41, 5.74) is 1.09. The molecule has 1 N–H and O–H groups in total. The Morgan fingerprint density at radius 2 is 1.68 bits per heavy atom. The van der Waals surface area contributed by atoms with E-state index in [0.717, 1.165) is 5.56 Å². The number of hydrogen-bond acceptors (Lipinski definition) is 2. The average Bonchev–Trinajstić information content (AvgIpc) is 2.45. The molecule has 0 amide bonds. The number of rotatable bonds is 5. The smallest absolute Gasteiger partial charge is 0.129 e. The zero-order valence-electron chi connectivity index (χ0n) is 10.8. The number of aliphatic hydroxyl groups excluding tert-OH is 1. The molecule has 3 heteroatoms. The van der Waals surface area contributed by atoms with Crippen LogP contribution in [0.3, 0.4) is 0 Å². The van der Waals surface area contributed by atoms with Crippen molar-refractivity contribution in [2.45, 2.75) is 19.1 Å². The van der Waals surface area contributed by atoms with Crippen LogP contribution in [0.5, 0.6) is 0 Å². The van der Waals surface area contributed by atoms with Gasteiger partial charge in [-0.05, 0) is 18.6 Å². The molecule has 0 fully saturated rings. The first kappa shape index (κ1) is 13.7. The third-order valence-corrected chi connectivity index (χ3v) is 2.98. The molecule has 0 spiro atoms. The number of hydrogen-bond donors (Lipinski definition) is 1. The first-order chi connectivity index (χ1) is 9.24. The Balaban J connectivity index is 2.32. The second kappa shape index (κ2) is 6.45. The first-order valence-corrected chi connectivity index (χ1v) is 6.33. The van der Waals surface area contributed by atoms with E-state index in [1.54, 1.807) is 18.2 Å². The van der Waals surface area contributed by atoms with Crippen molar-refractivity contribution in [3.05, 3.63) is 71.5 Å². The summed E-state index contributed by atoms with van der Waals surface area (Å²) in [6.07, 6.45) is -1.59. The molecule has 2 atom stereocenters. The summed E-state index contributed by atoms with van der Waals surface area (Å²) in [5, 5.41) is 10.4. The molecule has 0 saturated heterocycles. The summed E-state index contributed by atoms with van der Waals surface area (Å²) in [6.45, 7) is 2.30. The molecule has 0 aliphatic rings. The zero-order chi connectivity index (χ0) is 13.7. The van der Waals surface area contributed by atoms with Gasteiger partial charge in [0, 0.05) is 12.2 Å². The largest absolute Gasteiger partial charge is 0.385 e. The quantitative estimate of drug-likeness (QED) is 0.889. The lowest BCUT2D eigenvalue weighted by atomic mass is 9.98. The fourth-order valence-corrected chi connectivity index (χ4v) is 2.07. The van der Waals surface area contributed by atoms with Crippen LogP contribution in [0, 0.1) is 5.82 Å². The molecule has 2 rings (SSSR count). The van der Waals surface area contributed by atoms with E-state index in [-0.39, 0.29) is 5.56 Å². The SMILES string of the molecule is CCOC(c1ccccc1)C(O)c1ccccc1F. The van der Waals surface area contributed by atoms with E-state index in [9.17, 15) is 9.50 Å². The first-order valence-electron chi connectivity index (χ1n) is 6.33. The molecule has 2 unspecified atom stereocenters. The second-order valence-corrected chi connectivity index (χ2v) is 4.25. The van der Waals surface area contributed by atoms with E-state index >= 15 is 0 Å². The number of benzene rings is 2. The predicted molar refractivity (Wildman–Crippen MR) is 72.2 cm³/mol. The van der Waals surface area contributed by atoms with Gasteiger partial charge in [-0.25, -0.2) is 4.39 Å². The van der Waals surface area contributed by atoms with Gasteiger partial charge in [0.05, 0.1) is 0 Å². The normalized spacial score (nSPS) is 14.1. The Labute approximate surface area is 112 Å². The van der Waals surface area contributed by atoms with Crippen LogP contribution < -0.4 is 0 Å². The number of halogens is 1. The third-order valence-electron chi connectivity index (χ3n) is 2.98. The number of aliphatic hydroxyl groups is 1. The minimum absolute atomic E-state index is 0.254. The van der Waals surface area contributed by atoms with Crippen molar-refractivity contribution < 1.29 is 14.2 Å². The molecule has 0 aliphatic heterocycles. The third kappa shape index (κ3) is 3.19. The molecule has 19 heavy (non-hydrogen) atoms. The molecular weight excluding hydrogens is 243 g/mol. The van der Waals surface area contributed by atoms with Gasteiger partial charge in [0.15, 0.2) is 0 Å². The van der Waals surface area contributed by atoms with E-state index < -0.39 is 18.0 Å². The second-order valence-electron chi connectivity index (χ2n) is 4.25.